The van der Waals surface area contributed by atoms with Crippen molar-refractivity contribution >= 4 is 24.7 Å². The maximum atomic E-state index is 11.5. The van der Waals surface area contributed by atoms with Crippen molar-refractivity contribution < 1.29 is 14.3 Å². The molecule has 0 radical (unpaired) electrons. The summed E-state index contributed by atoms with van der Waals surface area (Å²) in [6.45, 7) is 2.06. The summed E-state index contributed by atoms with van der Waals surface area (Å²) in [7, 11) is 1.62. The number of carbonyl (C=O) groups excluding carboxylic acids is 1. The van der Waals surface area contributed by atoms with Crippen molar-refractivity contribution in [3.05, 3.63) is 35.4 Å². The monoisotopic (exact) mass is 252 g/mol. The summed E-state index contributed by atoms with van der Waals surface area (Å²) in [5.41, 5.74) is 1.50. The molecule has 3 nitrogen and oxygen atoms in total. The minimum atomic E-state index is -0.310. The van der Waals surface area contributed by atoms with Crippen LogP contribution >= 0.6 is 12.6 Å². The summed E-state index contributed by atoms with van der Waals surface area (Å²) in [6, 6.07) is 7.46. The number of ether oxygens (including phenoxy) is 2. The molecule has 0 spiro atoms. The van der Waals surface area contributed by atoms with Gasteiger partial charge in [-0.2, -0.15) is 12.6 Å². The van der Waals surface area contributed by atoms with Gasteiger partial charge in [-0.25, -0.2) is 4.79 Å². The first kappa shape index (κ1) is 13.6. The Hall–Kier alpha value is -1.42. The largest absolute Gasteiger partial charge is 0.497 e. The summed E-state index contributed by atoms with van der Waals surface area (Å²) in [5, 5.41) is 0. The molecular weight excluding hydrogens is 236 g/mol. The molecule has 0 heterocycles. The van der Waals surface area contributed by atoms with Crippen LogP contribution in [0.2, 0.25) is 0 Å². The fourth-order valence-corrected chi connectivity index (χ4v) is 1.35. The number of methoxy groups -OCH3 is 1. The van der Waals surface area contributed by atoms with Crippen molar-refractivity contribution in [1.29, 1.82) is 0 Å². The molecule has 92 valence electrons. The Kier molecular flexibility index (Phi) is 5.63. The first-order valence-electron chi connectivity index (χ1n) is 5.27. The molecule has 0 aliphatic rings. The molecule has 1 aromatic carbocycles. The number of benzene rings is 1. The standard InChI is InChI=1S/C13H16O3S/c1-10(13(14)16-7-8-17)9-11-3-5-12(15-2)6-4-11/h3-6,9,17H,7-8H2,1-2H3/b10-9+. The normalized spacial score (nSPS) is 11.1. The Morgan fingerprint density at radius 2 is 2.00 bits per heavy atom. The van der Waals surface area contributed by atoms with Gasteiger partial charge in [0.1, 0.15) is 12.4 Å². The topological polar surface area (TPSA) is 35.5 Å². The van der Waals surface area contributed by atoms with Crippen LogP contribution in [0.5, 0.6) is 5.75 Å². The summed E-state index contributed by atoms with van der Waals surface area (Å²) in [5.74, 6) is 1.01. The maximum Gasteiger partial charge on any atom is 0.333 e. The molecule has 17 heavy (non-hydrogen) atoms. The minimum Gasteiger partial charge on any atom is -0.497 e. The number of hydrogen-bond acceptors (Lipinski definition) is 4. The van der Waals surface area contributed by atoms with Gasteiger partial charge in [-0.05, 0) is 30.7 Å². The van der Waals surface area contributed by atoms with Gasteiger partial charge < -0.3 is 9.47 Å². The van der Waals surface area contributed by atoms with Gasteiger partial charge in [-0.1, -0.05) is 12.1 Å². The first-order valence-corrected chi connectivity index (χ1v) is 5.91. The van der Waals surface area contributed by atoms with E-state index in [4.69, 9.17) is 9.47 Å². The Morgan fingerprint density at radius 3 is 2.53 bits per heavy atom. The van der Waals surface area contributed by atoms with Gasteiger partial charge in [0.25, 0.3) is 0 Å². The zero-order valence-electron chi connectivity index (χ0n) is 9.97. The second-order valence-corrected chi connectivity index (χ2v) is 3.91. The molecule has 4 heteroatoms. The second-order valence-electron chi connectivity index (χ2n) is 3.46. The van der Waals surface area contributed by atoms with E-state index in [1.165, 1.54) is 0 Å². The summed E-state index contributed by atoms with van der Waals surface area (Å²) >= 11 is 3.97. The van der Waals surface area contributed by atoms with Gasteiger partial charge in [0.15, 0.2) is 0 Å². The average molecular weight is 252 g/mol. The Balaban J connectivity index is 2.69. The van der Waals surface area contributed by atoms with Crippen molar-refractivity contribution in [2.75, 3.05) is 19.5 Å². The van der Waals surface area contributed by atoms with E-state index < -0.39 is 0 Å². The first-order chi connectivity index (χ1) is 8.17. The van der Waals surface area contributed by atoms with E-state index in [2.05, 4.69) is 12.6 Å². The fourth-order valence-electron chi connectivity index (χ4n) is 1.26. The highest BCUT2D eigenvalue weighted by molar-refractivity contribution is 7.80. The predicted octanol–water partition coefficient (Wildman–Crippen LogP) is 2.57. The lowest BCUT2D eigenvalue weighted by atomic mass is 10.1. The van der Waals surface area contributed by atoms with Crippen LogP contribution in [-0.2, 0) is 9.53 Å². The van der Waals surface area contributed by atoms with E-state index in [1.54, 1.807) is 20.1 Å². The quantitative estimate of drug-likeness (QED) is 0.497. The lowest BCUT2D eigenvalue weighted by Crippen LogP contribution is -2.07. The number of esters is 1. The van der Waals surface area contributed by atoms with Crippen molar-refractivity contribution in [2.45, 2.75) is 6.92 Å². The van der Waals surface area contributed by atoms with Crippen LogP contribution in [-0.4, -0.2) is 25.4 Å². The summed E-state index contributed by atoms with van der Waals surface area (Å²) < 4.78 is 10.0. The highest BCUT2D eigenvalue weighted by Gasteiger charge is 2.04. The Labute approximate surface area is 107 Å². The van der Waals surface area contributed by atoms with Crippen molar-refractivity contribution in [1.82, 2.24) is 0 Å². The molecular formula is C13H16O3S. The van der Waals surface area contributed by atoms with Gasteiger partial charge in [-0.3, -0.25) is 0 Å². The fraction of sp³-hybridized carbons (Fsp3) is 0.308. The van der Waals surface area contributed by atoms with Crippen molar-refractivity contribution in [3.8, 4) is 5.75 Å². The summed E-state index contributed by atoms with van der Waals surface area (Å²) in [6.07, 6.45) is 1.78. The predicted molar refractivity (Wildman–Crippen MR) is 71.5 cm³/mol. The van der Waals surface area contributed by atoms with Gasteiger partial charge >= 0.3 is 5.97 Å². The molecule has 0 bridgehead atoms. The zero-order chi connectivity index (χ0) is 12.7. The molecule has 1 rings (SSSR count). The molecule has 0 aliphatic heterocycles. The van der Waals surface area contributed by atoms with Gasteiger partial charge in [-0.15, -0.1) is 0 Å². The smallest absolute Gasteiger partial charge is 0.333 e. The van der Waals surface area contributed by atoms with Crippen LogP contribution in [0.4, 0.5) is 0 Å². The number of carbonyl (C=O) groups is 1. The lowest BCUT2D eigenvalue weighted by Gasteiger charge is -2.03. The van der Waals surface area contributed by atoms with E-state index in [-0.39, 0.29) is 5.97 Å². The molecule has 0 atom stereocenters. The van der Waals surface area contributed by atoms with Crippen LogP contribution in [0.15, 0.2) is 29.8 Å². The van der Waals surface area contributed by atoms with Crippen LogP contribution in [0.1, 0.15) is 12.5 Å². The van der Waals surface area contributed by atoms with Gasteiger partial charge in [0.05, 0.1) is 7.11 Å². The Morgan fingerprint density at radius 1 is 1.35 bits per heavy atom. The number of rotatable bonds is 5. The van der Waals surface area contributed by atoms with E-state index in [1.807, 2.05) is 24.3 Å². The molecule has 0 saturated carbocycles. The average Bonchev–Trinajstić information content (AvgIpc) is 2.36. The molecule has 0 saturated heterocycles. The highest BCUT2D eigenvalue weighted by Crippen LogP contribution is 2.14. The Bertz CT molecular complexity index is 396. The van der Waals surface area contributed by atoms with Crippen molar-refractivity contribution in [3.63, 3.8) is 0 Å². The molecule has 0 N–H and O–H groups in total. The van der Waals surface area contributed by atoms with Crippen molar-refractivity contribution in [2.24, 2.45) is 0 Å². The SMILES string of the molecule is COc1ccc(/C=C(\C)C(=O)OCCS)cc1. The molecule has 0 aromatic heterocycles. The van der Waals surface area contributed by atoms with E-state index in [9.17, 15) is 4.79 Å². The molecule has 0 amide bonds. The molecule has 0 unspecified atom stereocenters. The lowest BCUT2D eigenvalue weighted by molar-refractivity contribution is -0.138. The number of thiol groups is 1. The van der Waals surface area contributed by atoms with E-state index in [0.717, 1.165) is 11.3 Å². The van der Waals surface area contributed by atoms with E-state index >= 15 is 0 Å². The second kappa shape index (κ2) is 7.01. The van der Waals surface area contributed by atoms with Crippen LogP contribution in [0.3, 0.4) is 0 Å². The third-order valence-corrected chi connectivity index (χ3v) is 2.33. The highest BCUT2D eigenvalue weighted by atomic mass is 32.1. The van der Waals surface area contributed by atoms with Crippen LogP contribution in [0, 0.1) is 0 Å². The number of hydrogen-bond donors (Lipinski definition) is 1. The summed E-state index contributed by atoms with van der Waals surface area (Å²) in [4.78, 5) is 11.5. The third-order valence-electron chi connectivity index (χ3n) is 2.15. The van der Waals surface area contributed by atoms with Gasteiger partial charge in [0.2, 0.25) is 0 Å². The third kappa shape index (κ3) is 4.53. The minimum absolute atomic E-state index is 0.310. The van der Waals surface area contributed by atoms with Gasteiger partial charge in [0, 0.05) is 11.3 Å². The van der Waals surface area contributed by atoms with Crippen LogP contribution in [0.25, 0.3) is 6.08 Å². The molecule has 1 aromatic rings. The maximum absolute atomic E-state index is 11.5. The molecule has 0 aliphatic carbocycles. The van der Waals surface area contributed by atoms with E-state index in [0.29, 0.717) is 17.9 Å². The van der Waals surface area contributed by atoms with Crippen LogP contribution < -0.4 is 4.74 Å². The molecule has 0 fully saturated rings. The zero-order valence-corrected chi connectivity index (χ0v) is 10.9.